The number of anilines is 2. The number of aromatic hydroxyl groups is 1. The number of benzene rings is 2. The van der Waals surface area contributed by atoms with Crippen LogP contribution >= 0.6 is 0 Å². The second kappa shape index (κ2) is 7.94. The van der Waals surface area contributed by atoms with E-state index in [1.165, 1.54) is 12.1 Å². The lowest BCUT2D eigenvalue weighted by atomic mass is 9.97. The molecule has 144 valence electrons. The van der Waals surface area contributed by atoms with Gasteiger partial charge in [0.1, 0.15) is 23.2 Å². The highest BCUT2D eigenvalue weighted by atomic mass is 19.1. The van der Waals surface area contributed by atoms with E-state index in [4.69, 9.17) is 9.97 Å². The second-order valence-corrected chi connectivity index (χ2v) is 7.28. The van der Waals surface area contributed by atoms with Crippen LogP contribution in [-0.2, 0) is 0 Å². The van der Waals surface area contributed by atoms with Gasteiger partial charge >= 0.3 is 0 Å². The smallest absolute Gasteiger partial charge is 0.135 e. The standard InChI is InChI=1S/C22H23FN4O/c1-27-10-4-6-16(14-27)22-25-20(15-5-2-9-19(28)11-15)13-21(26-22)24-18-8-3-7-17(23)12-18/h2-3,5,7-9,11-13,16,28H,4,6,10,14H2,1H3,(H,24,25,26). The highest BCUT2D eigenvalue weighted by Gasteiger charge is 2.22. The first-order valence-electron chi connectivity index (χ1n) is 9.46. The fourth-order valence-electron chi connectivity index (χ4n) is 3.62. The van der Waals surface area contributed by atoms with Gasteiger partial charge in [-0.25, -0.2) is 14.4 Å². The number of piperidine rings is 1. The molecule has 2 N–H and O–H groups in total. The SMILES string of the molecule is CN1CCCC(c2nc(Nc3cccc(F)c3)cc(-c3cccc(O)c3)n2)C1. The average Bonchev–Trinajstić information content (AvgIpc) is 2.68. The van der Waals surface area contributed by atoms with Crippen molar-refractivity contribution in [3.8, 4) is 17.0 Å². The van der Waals surface area contributed by atoms with E-state index in [9.17, 15) is 9.50 Å². The first-order chi connectivity index (χ1) is 13.6. The first-order valence-corrected chi connectivity index (χ1v) is 9.46. The molecule has 1 atom stereocenters. The Labute approximate surface area is 163 Å². The van der Waals surface area contributed by atoms with Crippen LogP contribution in [0.4, 0.5) is 15.9 Å². The summed E-state index contributed by atoms with van der Waals surface area (Å²) in [5.74, 6) is 1.51. The maximum Gasteiger partial charge on any atom is 0.135 e. The van der Waals surface area contributed by atoms with Crippen LogP contribution in [0.2, 0.25) is 0 Å². The number of aromatic nitrogens is 2. The van der Waals surface area contributed by atoms with Crippen molar-refractivity contribution in [3.05, 3.63) is 66.2 Å². The maximum absolute atomic E-state index is 13.6. The third-order valence-corrected chi connectivity index (χ3v) is 4.97. The summed E-state index contributed by atoms with van der Waals surface area (Å²) >= 11 is 0. The molecule has 2 aromatic carbocycles. The zero-order chi connectivity index (χ0) is 19.5. The summed E-state index contributed by atoms with van der Waals surface area (Å²) in [7, 11) is 2.11. The molecule has 2 heterocycles. The molecule has 0 amide bonds. The van der Waals surface area contributed by atoms with Gasteiger partial charge in [-0.3, -0.25) is 0 Å². The number of nitrogens with one attached hydrogen (secondary N) is 1. The Bertz CT molecular complexity index is 978. The van der Waals surface area contributed by atoms with Gasteiger partial charge < -0.3 is 15.3 Å². The number of hydrogen-bond acceptors (Lipinski definition) is 5. The Balaban J connectivity index is 1.74. The fraction of sp³-hybridized carbons (Fsp3) is 0.273. The molecule has 0 bridgehead atoms. The van der Waals surface area contributed by atoms with E-state index in [0.29, 0.717) is 11.5 Å². The molecule has 1 saturated heterocycles. The number of hydrogen-bond donors (Lipinski definition) is 2. The van der Waals surface area contributed by atoms with Crippen molar-refractivity contribution in [2.45, 2.75) is 18.8 Å². The van der Waals surface area contributed by atoms with E-state index in [-0.39, 0.29) is 17.5 Å². The molecular weight excluding hydrogens is 355 g/mol. The van der Waals surface area contributed by atoms with Crippen LogP contribution in [0, 0.1) is 5.82 Å². The molecule has 0 radical (unpaired) electrons. The van der Waals surface area contributed by atoms with E-state index < -0.39 is 0 Å². The monoisotopic (exact) mass is 378 g/mol. The number of nitrogens with zero attached hydrogens (tertiary/aromatic N) is 3. The number of halogens is 1. The lowest BCUT2D eigenvalue weighted by Crippen LogP contribution is -2.31. The zero-order valence-electron chi connectivity index (χ0n) is 15.8. The predicted molar refractivity (Wildman–Crippen MR) is 108 cm³/mol. The molecule has 1 fully saturated rings. The lowest BCUT2D eigenvalue weighted by molar-refractivity contribution is 0.246. The van der Waals surface area contributed by atoms with Crippen LogP contribution < -0.4 is 5.32 Å². The summed E-state index contributed by atoms with van der Waals surface area (Å²) in [6.45, 7) is 1.99. The Morgan fingerprint density at radius 3 is 2.75 bits per heavy atom. The van der Waals surface area contributed by atoms with Gasteiger partial charge in [0.05, 0.1) is 5.69 Å². The van der Waals surface area contributed by atoms with Crippen molar-refractivity contribution in [2.24, 2.45) is 0 Å². The maximum atomic E-state index is 13.6. The number of rotatable bonds is 4. The molecular formula is C22H23FN4O. The van der Waals surface area contributed by atoms with E-state index in [1.807, 2.05) is 12.1 Å². The number of likely N-dealkylation sites (tertiary alicyclic amines) is 1. The molecule has 0 aliphatic carbocycles. The van der Waals surface area contributed by atoms with Crippen molar-refractivity contribution in [3.63, 3.8) is 0 Å². The van der Waals surface area contributed by atoms with Crippen LogP contribution in [0.3, 0.4) is 0 Å². The minimum atomic E-state index is -0.304. The van der Waals surface area contributed by atoms with Crippen LogP contribution in [0.15, 0.2) is 54.6 Å². The third kappa shape index (κ3) is 4.28. The van der Waals surface area contributed by atoms with Crippen molar-refractivity contribution < 1.29 is 9.50 Å². The van der Waals surface area contributed by atoms with Crippen molar-refractivity contribution in [1.82, 2.24) is 14.9 Å². The third-order valence-electron chi connectivity index (χ3n) is 4.97. The quantitative estimate of drug-likeness (QED) is 0.698. The van der Waals surface area contributed by atoms with Gasteiger partial charge in [0, 0.05) is 29.8 Å². The summed E-state index contributed by atoms with van der Waals surface area (Å²) in [5, 5.41) is 13.0. The Kier molecular flexibility index (Phi) is 5.21. The van der Waals surface area contributed by atoms with Crippen LogP contribution in [0.5, 0.6) is 5.75 Å². The summed E-state index contributed by atoms with van der Waals surface area (Å²) in [5.41, 5.74) is 2.18. The molecule has 1 unspecified atom stereocenters. The Hall–Kier alpha value is -2.99. The molecule has 1 aliphatic heterocycles. The summed E-state index contributed by atoms with van der Waals surface area (Å²) in [6.07, 6.45) is 2.14. The van der Waals surface area contributed by atoms with Gasteiger partial charge in [-0.1, -0.05) is 18.2 Å². The summed E-state index contributed by atoms with van der Waals surface area (Å²) < 4.78 is 13.6. The topological polar surface area (TPSA) is 61.3 Å². The molecule has 28 heavy (non-hydrogen) atoms. The van der Waals surface area contributed by atoms with Crippen LogP contribution in [0.25, 0.3) is 11.3 Å². The summed E-state index contributed by atoms with van der Waals surface area (Å²) in [6, 6.07) is 15.1. The Morgan fingerprint density at radius 1 is 1.11 bits per heavy atom. The van der Waals surface area contributed by atoms with Crippen LogP contribution in [-0.4, -0.2) is 40.1 Å². The number of phenols is 1. The summed E-state index contributed by atoms with van der Waals surface area (Å²) in [4.78, 5) is 11.8. The number of phenolic OH excluding ortho intramolecular Hbond substituents is 1. The molecule has 6 heteroatoms. The molecule has 4 rings (SSSR count). The highest BCUT2D eigenvalue weighted by Crippen LogP contribution is 2.30. The molecule has 1 aliphatic rings. The molecule has 0 spiro atoms. The van der Waals surface area contributed by atoms with Gasteiger partial charge in [0.2, 0.25) is 0 Å². The van der Waals surface area contributed by atoms with E-state index in [1.54, 1.807) is 30.3 Å². The van der Waals surface area contributed by atoms with Crippen molar-refractivity contribution in [2.75, 3.05) is 25.5 Å². The van der Waals surface area contributed by atoms with Gasteiger partial charge in [0.15, 0.2) is 0 Å². The second-order valence-electron chi connectivity index (χ2n) is 7.28. The van der Waals surface area contributed by atoms with Gasteiger partial charge in [-0.15, -0.1) is 0 Å². The highest BCUT2D eigenvalue weighted by molar-refractivity contribution is 5.66. The zero-order valence-corrected chi connectivity index (χ0v) is 15.8. The minimum absolute atomic E-state index is 0.190. The van der Waals surface area contributed by atoms with Crippen molar-refractivity contribution >= 4 is 11.5 Å². The van der Waals surface area contributed by atoms with Gasteiger partial charge in [0.25, 0.3) is 0 Å². The fourth-order valence-corrected chi connectivity index (χ4v) is 3.62. The number of likely N-dealkylation sites (N-methyl/N-ethyl adjacent to an activating group) is 1. The van der Waals surface area contributed by atoms with Crippen LogP contribution in [0.1, 0.15) is 24.6 Å². The molecule has 0 saturated carbocycles. The largest absolute Gasteiger partial charge is 0.508 e. The predicted octanol–water partition coefficient (Wildman–Crippen LogP) is 4.54. The minimum Gasteiger partial charge on any atom is -0.508 e. The van der Waals surface area contributed by atoms with Gasteiger partial charge in [-0.2, -0.15) is 0 Å². The van der Waals surface area contributed by atoms with E-state index in [0.717, 1.165) is 43.0 Å². The average molecular weight is 378 g/mol. The van der Waals surface area contributed by atoms with Crippen molar-refractivity contribution in [1.29, 1.82) is 0 Å². The normalized spacial score (nSPS) is 17.4. The Morgan fingerprint density at radius 2 is 1.96 bits per heavy atom. The van der Waals surface area contributed by atoms with E-state index >= 15 is 0 Å². The lowest BCUT2D eigenvalue weighted by Gasteiger charge is -2.29. The molecule has 1 aromatic heterocycles. The molecule has 3 aromatic rings. The van der Waals surface area contributed by atoms with E-state index in [2.05, 4.69) is 17.3 Å². The molecule has 5 nitrogen and oxygen atoms in total. The van der Waals surface area contributed by atoms with Gasteiger partial charge in [-0.05, 0) is 56.8 Å². The first kappa shape index (κ1) is 18.4.